The van der Waals surface area contributed by atoms with Gasteiger partial charge in [-0.2, -0.15) is 0 Å². The SMILES string of the molecule is [2H]C([2H])(N)C(C)(C)O. The van der Waals surface area contributed by atoms with Crippen molar-refractivity contribution in [2.24, 2.45) is 5.73 Å². The fourth-order valence-electron chi connectivity index (χ4n) is 0. The summed E-state index contributed by atoms with van der Waals surface area (Å²) < 4.78 is 13.6. The first-order valence-electron chi connectivity index (χ1n) is 2.76. The van der Waals surface area contributed by atoms with E-state index < -0.39 is 12.1 Å². The van der Waals surface area contributed by atoms with Crippen LogP contribution in [0.4, 0.5) is 0 Å². The van der Waals surface area contributed by atoms with Crippen LogP contribution in [0.1, 0.15) is 16.6 Å². The molecule has 0 saturated heterocycles. The van der Waals surface area contributed by atoms with Gasteiger partial charge in [-0.05, 0) is 13.8 Å². The molecule has 0 saturated carbocycles. The van der Waals surface area contributed by atoms with Crippen LogP contribution in [-0.4, -0.2) is 17.2 Å². The third-order valence-corrected chi connectivity index (χ3v) is 0.353. The zero-order chi connectivity index (χ0) is 7.00. The largest absolute Gasteiger partial charge is 0.389 e. The average molecular weight is 91.2 g/mol. The van der Waals surface area contributed by atoms with E-state index in [9.17, 15) is 0 Å². The minimum atomic E-state index is -2.01. The summed E-state index contributed by atoms with van der Waals surface area (Å²) in [6, 6.07) is 0. The van der Waals surface area contributed by atoms with Crippen molar-refractivity contribution in [3.8, 4) is 0 Å². The Kier molecular flexibility index (Phi) is 0.787. The molecule has 3 N–H and O–H groups in total. The van der Waals surface area contributed by atoms with Crippen LogP contribution in [0.15, 0.2) is 0 Å². The fraction of sp³-hybridized carbons (Fsp3) is 1.00. The van der Waals surface area contributed by atoms with Crippen molar-refractivity contribution in [3.05, 3.63) is 0 Å². The van der Waals surface area contributed by atoms with Gasteiger partial charge in [-0.25, -0.2) is 0 Å². The molecule has 0 aliphatic carbocycles. The minimum Gasteiger partial charge on any atom is -0.389 e. The Morgan fingerprint density at radius 3 is 2.17 bits per heavy atom. The van der Waals surface area contributed by atoms with Gasteiger partial charge in [-0.1, -0.05) is 0 Å². The van der Waals surface area contributed by atoms with Crippen LogP contribution in [0.3, 0.4) is 0 Å². The van der Waals surface area contributed by atoms with E-state index in [2.05, 4.69) is 0 Å². The number of hydrogen-bond donors (Lipinski definition) is 2. The van der Waals surface area contributed by atoms with Crippen molar-refractivity contribution < 1.29 is 7.85 Å². The van der Waals surface area contributed by atoms with Gasteiger partial charge < -0.3 is 10.8 Å². The van der Waals surface area contributed by atoms with Crippen molar-refractivity contribution in [2.75, 3.05) is 6.50 Å². The first-order valence-corrected chi connectivity index (χ1v) is 1.76. The van der Waals surface area contributed by atoms with Crippen molar-refractivity contribution in [2.45, 2.75) is 19.4 Å². The van der Waals surface area contributed by atoms with Gasteiger partial charge >= 0.3 is 0 Å². The first kappa shape index (κ1) is 2.99. The zero-order valence-electron chi connectivity index (χ0n) is 6.02. The van der Waals surface area contributed by atoms with Crippen LogP contribution in [-0.2, 0) is 0 Å². The van der Waals surface area contributed by atoms with E-state index in [4.69, 9.17) is 13.6 Å². The highest BCUT2D eigenvalue weighted by atomic mass is 16.3. The van der Waals surface area contributed by atoms with E-state index in [1.54, 1.807) is 0 Å². The van der Waals surface area contributed by atoms with E-state index in [1.807, 2.05) is 0 Å². The molecule has 38 valence electrons. The molecule has 6 heavy (non-hydrogen) atoms. The minimum absolute atomic E-state index is 1.33. The average Bonchev–Trinajstić information content (AvgIpc) is 1.25. The first-order chi connectivity index (χ1) is 3.25. The van der Waals surface area contributed by atoms with E-state index in [1.165, 1.54) is 13.8 Å². The quantitative estimate of drug-likeness (QED) is 0.466. The Balaban J connectivity index is 4.02. The Morgan fingerprint density at radius 2 is 2.17 bits per heavy atom. The second kappa shape index (κ2) is 1.58. The molecule has 0 aromatic carbocycles. The van der Waals surface area contributed by atoms with Crippen molar-refractivity contribution in [3.63, 3.8) is 0 Å². The molecule has 0 fully saturated rings. The summed E-state index contributed by atoms with van der Waals surface area (Å²) in [7, 11) is 0. The van der Waals surface area contributed by atoms with Gasteiger partial charge in [0.1, 0.15) is 0 Å². The lowest BCUT2D eigenvalue weighted by molar-refractivity contribution is 0.0898. The summed E-state index contributed by atoms with van der Waals surface area (Å²) in [5.41, 5.74) is 3.44. The van der Waals surface area contributed by atoms with Crippen LogP contribution in [0.2, 0.25) is 0 Å². The molecule has 2 heteroatoms. The predicted molar refractivity (Wildman–Crippen MR) is 25.4 cm³/mol. The second-order valence-corrected chi connectivity index (χ2v) is 1.70. The third-order valence-electron chi connectivity index (χ3n) is 0.353. The Hall–Kier alpha value is -0.0800. The lowest BCUT2D eigenvalue weighted by Crippen LogP contribution is -2.29. The Bertz CT molecular complexity index is 69.0. The van der Waals surface area contributed by atoms with Gasteiger partial charge in [0, 0.05) is 9.24 Å². The monoisotopic (exact) mass is 91.1 g/mol. The van der Waals surface area contributed by atoms with E-state index >= 15 is 0 Å². The molecule has 0 aliphatic rings. The molecule has 0 amide bonds. The second-order valence-electron chi connectivity index (χ2n) is 1.70. The van der Waals surface area contributed by atoms with Crippen LogP contribution in [0.5, 0.6) is 0 Å². The highest BCUT2D eigenvalue weighted by Gasteiger charge is 2.06. The van der Waals surface area contributed by atoms with Gasteiger partial charge in [-0.15, -0.1) is 0 Å². The smallest absolute Gasteiger partial charge is 0.0713 e. The van der Waals surface area contributed by atoms with Crippen LogP contribution in [0, 0.1) is 0 Å². The van der Waals surface area contributed by atoms with Crippen molar-refractivity contribution >= 4 is 0 Å². The number of nitrogens with two attached hydrogens (primary N) is 1. The maximum Gasteiger partial charge on any atom is 0.0713 e. The summed E-state index contributed by atoms with van der Waals surface area (Å²) >= 11 is 0. The summed E-state index contributed by atoms with van der Waals surface area (Å²) in [5, 5.41) is 8.85. The topological polar surface area (TPSA) is 46.2 Å². The molecular weight excluding hydrogens is 78.0 g/mol. The third kappa shape index (κ3) is 3.92. The summed E-state index contributed by atoms with van der Waals surface area (Å²) in [6.45, 7) is 0.646. The molecule has 0 rings (SSSR count). The molecule has 0 unspecified atom stereocenters. The van der Waals surface area contributed by atoms with Crippen LogP contribution >= 0.6 is 0 Å². The molecule has 0 atom stereocenters. The lowest BCUT2D eigenvalue weighted by Gasteiger charge is -2.11. The Labute approximate surface area is 40.8 Å². The van der Waals surface area contributed by atoms with Gasteiger partial charge in [-0.3, -0.25) is 0 Å². The van der Waals surface area contributed by atoms with Crippen molar-refractivity contribution in [1.82, 2.24) is 0 Å². The maximum absolute atomic E-state index is 8.85. The standard InChI is InChI=1S/C4H11NO/c1-4(2,6)3-5/h6H,3,5H2,1-2H3/i3D2. The highest BCUT2D eigenvalue weighted by Crippen LogP contribution is 1.93. The van der Waals surface area contributed by atoms with Crippen LogP contribution in [0.25, 0.3) is 0 Å². The predicted octanol–water partition coefficient (Wildman–Crippen LogP) is -0.284. The number of hydrogen-bond acceptors (Lipinski definition) is 2. The fourth-order valence-corrected chi connectivity index (χ4v) is 0. The normalized spacial score (nSPS) is 19.3. The van der Waals surface area contributed by atoms with E-state index in [0.717, 1.165) is 0 Å². The summed E-state index contributed by atoms with van der Waals surface area (Å²) in [4.78, 5) is 0. The lowest BCUT2D eigenvalue weighted by atomic mass is 10.1. The van der Waals surface area contributed by atoms with Gasteiger partial charge in [0.15, 0.2) is 0 Å². The van der Waals surface area contributed by atoms with E-state index in [0.29, 0.717) is 0 Å². The van der Waals surface area contributed by atoms with Gasteiger partial charge in [0.25, 0.3) is 0 Å². The van der Waals surface area contributed by atoms with Crippen molar-refractivity contribution in [1.29, 1.82) is 0 Å². The summed E-state index contributed by atoms with van der Waals surface area (Å²) in [5.74, 6) is 0. The molecule has 0 aromatic rings. The molecule has 0 bridgehead atoms. The van der Waals surface area contributed by atoms with Gasteiger partial charge in [0.05, 0.1) is 5.60 Å². The molecule has 0 aromatic heterocycles. The summed E-state index contributed by atoms with van der Waals surface area (Å²) in [6.07, 6.45) is 0. The number of rotatable bonds is 1. The highest BCUT2D eigenvalue weighted by molar-refractivity contribution is 4.63. The molecule has 2 nitrogen and oxygen atoms in total. The van der Waals surface area contributed by atoms with Crippen LogP contribution < -0.4 is 5.73 Å². The number of aliphatic hydroxyl groups is 1. The molecule has 0 heterocycles. The van der Waals surface area contributed by atoms with Gasteiger partial charge in [0.2, 0.25) is 0 Å². The molecule has 0 spiro atoms. The molecule has 0 aliphatic heterocycles. The maximum atomic E-state index is 8.85. The van der Waals surface area contributed by atoms with E-state index in [-0.39, 0.29) is 0 Å². The molecular formula is C4H11NO. The Morgan fingerprint density at radius 1 is 2.00 bits per heavy atom. The zero-order valence-corrected chi connectivity index (χ0v) is 4.02. The molecule has 0 radical (unpaired) electrons.